The summed E-state index contributed by atoms with van der Waals surface area (Å²) in [6, 6.07) is 11.2. The van der Waals surface area contributed by atoms with Crippen molar-refractivity contribution in [2.45, 2.75) is 18.9 Å². The van der Waals surface area contributed by atoms with Gasteiger partial charge in [0.15, 0.2) is 0 Å². The fourth-order valence-electron chi connectivity index (χ4n) is 3.10. The Labute approximate surface area is 168 Å². The number of hydrogen-bond acceptors (Lipinski definition) is 5. The number of thiophene rings is 1. The van der Waals surface area contributed by atoms with E-state index in [9.17, 15) is 14.4 Å². The summed E-state index contributed by atoms with van der Waals surface area (Å²) in [6.45, 7) is 1.80. The van der Waals surface area contributed by atoms with Gasteiger partial charge in [-0.1, -0.05) is 18.2 Å². The number of carbonyl (C=O) groups is 3. The summed E-state index contributed by atoms with van der Waals surface area (Å²) in [5, 5.41) is 12.0. The molecule has 1 fully saturated rings. The van der Waals surface area contributed by atoms with Crippen LogP contribution in [-0.2, 0) is 9.59 Å². The number of benzene rings is 1. The second-order valence-electron chi connectivity index (χ2n) is 6.73. The van der Waals surface area contributed by atoms with Crippen molar-refractivity contribution >= 4 is 34.7 Å². The molecule has 1 saturated heterocycles. The molecule has 3 N–H and O–H groups in total. The zero-order valence-electron chi connectivity index (χ0n) is 15.5. The predicted molar refractivity (Wildman–Crippen MR) is 109 cm³/mol. The average Bonchev–Trinajstić information content (AvgIpc) is 3.23. The quantitative estimate of drug-likeness (QED) is 0.660. The van der Waals surface area contributed by atoms with E-state index in [1.165, 1.54) is 11.3 Å². The van der Waals surface area contributed by atoms with Gasteiger partial charge in [-0.2, -0.15) is 11.3 Å². The summed E-state index contributed by atoms with van der Waals surface area (Å²) < 4.78 is 0. The lowest BCUT2D eigenvalue weighted by molar-refractivity contribution is -0.121. The molecule has 0 aliphatic carbocycles. The van der Waals surface area contributed by atoms with Crippen LogP contribution < -0.4 is 16.0 Å². The number of para-hydroxylation sites is 1. The van der Waals surface area contributed by atoms with E-state index in [1.807, 2.05) is 35.7 Å². The molecule has 0 radical (unpaired) electrons. The molecule has 0 atom stereocenters. The number of carbonyl (C=O) groups excluding carboxylic acids is 3. The van der Waals surface area contributed by atoms with Crippen molar-refractivity contribution in [2.75, 3.05) is 31.5 Å². The molecule has 1 aliphatic rings. The van der Waals surface area contributed by atoms with E-state index in [0.717, 1.165) is 31.6 Å². The fraction of sp³-hybridized carbons (Fsp3) is 0.350. The Kier molecular flexibility index (Phi) is 7.16. The van der Waals surface area contributed by atoms with Crippen molar-refractivity contribution in [1.82, 2.24) is 15.5 Å². The molecule has 0 spiro atoms. The van der Waals surface area contributed by atoms with E-state index in [-0.39, 0.29) is 30.3 Å². The number of likely N-dealkylation sites (tertiary alicyclic amines) is 1. The molecule has 148 valence electrons. The third-order valence-electron chi connectivity index (χ3n) is 4.57. The third-order valence-corrected chi connectivity index (χ3v) is 5.25. The number of hydrogen-bond donors (Lipinski definition) is 3. The molecule has 1 aromatic carbocycles. The molecule has 8 heteroatoms. The smallest absolute Gasteiger partial charge is 0.252 e. The molecule has 7 nitrogen and oxygen atoms in total. The van der Waals surface area contributed by atoms with Crippen LogP contribution in [0.4, 0.5) is 5.69 Å². The summed E-state index contributed by atoms with van der Waals surface area (Å²) in [5.41, 5.74) is 1.36. The molecular formula is C20H24N4O3S. The van der Waals surface area contributed by atoms with Gasteiger partial charge in [-0.25, -0.2) is 0 Å². The molecule has 2 heterocycles. The number of anilines is 1. The van der Waals surface area contributed by atoms with Gasteiger partial charge in [0.2, 0.25) is 11.8 Å². The van der Waals surface area contributed by atoms with E-state index in [4.69, 9.17) is 0 Å². The van der Waals surface area contributed by atoms with Crippen LogP contribution in [0, 0.1) is 0 Å². The number of piperidine rings is 1. The lowest BCUT2D eigenvalue weighted by Gasteiger charge is -2.31. The SMILES string of the molecule is O=C(CN1CCC(NC(=O)CNC(=O)c2ccsc2)CC1)Nc1ccccc1. The van der Waals surface area contributed by atoms with E-state index in [2.05, 4.69) is 20.9 Å². The maximum absolute atomic E-state index is 12.1. The zero-order chi connectivity index (χ0) is 19.8. The standard InChI is InChI=1S/C20H24N4O3S/c25-18(12-21-20(27)15-8-11-28-14-15)22-17-6-9-24(10-7-17)13-19(26)23-16-4-2-1-3-5-16/h1-5,8,11,14,17H,6-7,9-10,12-13H2,(H,21,27)(H,22,25)(H,23,26). The second-order valence-corrected chi connectivity index (χ2v) is 7.51. The van der Waals surface area contributed by atoms with Crippen LogP contribution in [0.25, 0.3) is 0 Å². The molecule has 1 aliphatic heterocycles. The first kappa shape index (κ1) is 20.0. The maximum atomic E-state index is 12.1. The molecule has 3 amide bonds. The van der Waals surface area contributed by atoms with Gasteiger partial charge < -0.3 is 16.0 Å². The minimum Gasteiger partial charge on any atom is -0.352 e. The zero-order valence-corrected chi connectivity index (χ0v) is 16.3. The van der Waals surface area contributed by atoms with Crippen molar-refractivity contribution < 1.29 is 14.4 Å². The van der Waals surface area contributed by atoms with Crippen molar-refractivity contribution in [3.8, 4) is 0 Å². The Hall–Kier alpha value is -2.71. The van der Waals surface area contributed by atoms with Gasteiger partial charge >= 0.3 is 0 Å². The van der Waals surface area contributed by atoms with Crippen LogP contribution in [0.3, 0.4) is 0 Å². The summed E-state index contributed by atoms with van der Waals surface area (Å²) in [5.74, 6) is -0.468. The predicted octanol–water partition coefficient (Wildman–Crippen LogP) is 1.70. The van der Waals surface area contributed by atoms with Gasteiger partial charge in [-0.3, -0.25) is 19.3 Å². The average molecular weight is 401 g/mol. The molecule has 0 saturated carbocycles. The van der Waals surface area contributed by atoms with Crippen LogP contribution in [0.15, 0.2) is 47.2 Å². The monoisotopic (exact) mass is 400 g/mol. The topological polar surface area (TPSA) is 90.5 Å². The van der Waals surface area contributed by atoms with Gasteiger partial charge in [-0.05, 0) is 36.4 Å². The Morgan fingerprint density at radius 3 is 2.46 bits per heavy atom. The summed E-state index contributed by atoms with van der Waals surface area (Å²) in [6.07, 6.45) is 1.56. The largest absolute Gasteiger partial charge is 0.352 e. The molecule has 28 heavy (non-hydrogen) atoms. The lowest BCUT2D eigenvalue weighted by Crippen LogP contribution is -2.48. The highest BCUT2D eigenvalue weighted by Crippen LogP contribution is 2.11. The first-order valence-corrected chi connectivity index (χ1v) is 10.2. The maximum Gasteiger partial charge on any atom is 0.252 e. The fourth-order valence-corrected chi connectivity index (χ4v) is 3.73. The minimum atomic E-state index is -0.240. The van der Waals surface area contributed by atoms with Crippen LogP contribution in [0.2, 0.25) is 0 Å². The lowest BCUT2D eigenvalue weighted by atomic mass is 10.0. The van der Waals surface area contributed by atoms with E-state index in [1.54, 1.807) is 11.4 Å². The highest BCUT2D eigenvalue weighted by Gasteiger charge is 2.22. The van der Waals surface area contributed by atoms with Gasteiger partial charge in [-0.15, -0.1) is 0 Å². The van der Waals surface area contributed by atoms with E-state index < -0.39 is 0 Å². The van der Waals surface area contributed by atoms with E-state index in [0.29, 0.717) is 12.1 Å². The van der Waals surface area contributed by atoms with Crippen LogP contribution >= 0.6 is 11.3 Å². The Morgan fingerprint density at radius 1 is 1.04 bits per heavy atom. The minimum absolute atomic E-state index is 0.0334. The normalized spacial score (nSPS) is 15.0. The van der Waals surface area contributed by atoms with Crippen molar-refractivity contribution in [3.05, 3.63) is 52.7 Å². The first-order valence-electron chi connectivity index (χ1n) is 9.27. The number of rotatable bonds is 7. The van der Waals surface area contributed by atoms with Crippen molar-refractivity contribution in [2.24, 2.45) is 0 Å². The highest BCUT2D eigenvalue weighted by molar-refractivity contribution is 7.08. The van der Waals surface area contributed by atoms with Crippen molar-refractivity contribution in [3.63, 3.8) is 0 Å². The summed E-state index contributed by atoms with van der Waals surface area (Å²) in [4.78, 5) is 38.1. The second kappa shape index (κ2) is 10.0. The molecule has 2 aromatic rings. The number of amides is 3. The number of nitrogens with zero attached hydrogens (tertiary/aromatic N) is 1. The van der Waals surface area contributed by atoms with Gasteiger partial charge in [0.05, 0.1) is 13.1 Å². The third kappa shape index (κ3) is 6.17. The van der Waals surface area contributed by atoms with Gasteiger partial charge in [0, 0.05) is 35.8 Å². The molecule has 3 rings (SSSR count). The summed E-state index contributed by atoms with van der Waals surface area (Å²) in [7, 11) is 0. The highest BCUT2D eigenvalue weighted by atomic mass is 32.1. The van der Waals surface area contributed by atoms with Crippen LogP contribution in [0.1, 0.15) is 23.2 Å². The molecule has 0 unspecified atom stereocenters. The molecule has 0 bridgehead atoms. The van der Waals surface area contributed by atoms with Crippen molar-refractivity contribution in [1.29, 1.82) is 0 Å². The first-order chi connectivity index (χ1) is 13.6. The number of nitrogens with one attached hydrogen (secondary N) is 3. The van der Waals surface area contributed by atoms with Crippen LogP contribution in [0.5, 0.6) is 0 Å². The Morgan fingerprint density at radius 2 is 1.79 bits per heavy atom. The molecular weight excluding hydrogens is 376 g/mol. The Bertz CT molecular complexity index is 787. The van der Waals surface area contributed by atoms with Gasteiger partial charge in [0.25, 0.3) is 5.91 Å². The summed E-state index contributed by atoms with van der Waals surface area (Å²) >= 11 is 1.44. The van der Waals surface area contributed by atoms with Crippen LogP contribution in [-0.4, -0.2) is 54.8 Å². The Balaban J connectivity index is 1.33. The van der Waals surface area contributed by atoms with Gasteiger partial charge in [0.1, 0.15) is 0 Å². The molecule has 1 aromatic heterocycles. The van der Waals surface area contributed by atoms with E-state index >= 15 is 0 Å².